The molecule has 3 nitrogen and oxygen atoms in total. The number of esters is 1. The molecular formula is C9H14O3. The Kier molecular flexibility index (Phi) is 6.12. The fraction of sp³-hybridized carbons (Fsp3) is 0.667. The Morgan fingerprint density at radius 3 is 2.75 bits per heavy atom. The normalized spacial score (nSPS) is 11.2. The van der Waals surface area contributed by atoms with Gasteiger partial charge < -0.3 is 9.84 Å². The van der Waals surface area contributed by atoms with E-state index in [0.29, 0.717) is 12.8 Å². The molecule has 0 aliphatic heterocycles. The minimum atomic E-state index is -1.03. The summed E-state index contributed by atoms with van der Waals surface area (Å²) in [6, 6.07) is 0. The van der Waals surface area contributed by atoms with Gasteiger partial charge in [0, 0.05) is 12.8 Å². The number of hydrogen-bond donors (Lipinski definition) is 1. The molecule has 0 aliphatic rings. The van der Waals surface area contributed by atoms with Crippen molar-refractivity contribution in [2.45, 2.75) is 32.3 Å². The topological polar surface area (TPSA) is 46.5 Å². The van der Waals surface area contributed by atoms with Crippen LogP contribution in [0.3, 0.4) is 0 Å². The zero-order valence-electron chi connectivity index (χ0n) is 7.46. The van der Waals surface area contributed by atoms with E-state index in [-0.39, 0.29) is 0 Å². The number of carbonyl (C=O) groups excluding carboxylic acids is 1. The summed E-state index contributed by atoms with van der Waals surface area (Å²) < 4.78 is 4.33. The molecule has 0 aromatic rings. The third-order valence-electron chi connectivity index (χ3n) is 1.32. The number of aliphatic hydroxyl groups is 1. The molecule has 0 spiro atoms. The monoisotopic (exact) mass is 170 g/mol. The Bertz CT molecular complexity index is 188. The van der Waals surface area contributed by atoms with Gasteiger partial charge in [0.2, 0.25) is 0 Å². The lowest BCUT2D eigenvalue weighted by molar-refractivity contribution is -0.150. The maximum atomic E-state index is 10.7. The van der Waals surface area contributed by atoms with Gasteiger partial charge in [0.15, 0.2) is 6.10 Å². The number of methoxy groups -OCH3 is 1. The molecule has 3 heteroatoms. The highest BCUT2D eigenvalue weighted by molar-refractivity contribution is 5.74. The predicted molar refractivity (Wildman–Crippen MR) is 45.3 cm³/mol. The van der Waals surface area contributed by atoms with Crippen LogP contribution in [0.2, 0.25) is 0 Å². The zero-order chi connectivity index (χ0) is 9.40. The molecular weight excluding hydrogens is 156 g/mol. The van der Waals surface area contributed by atoms with Gasteiger partial charge in [0.1, 0.15) is 0 Å². The van der Waals surface area contributed by atoms with Gasteiger partial charge in [-0.15, -0.1) is 11.8 Å². The molecule has 0 heterocycles. The Balaban J connectivity index is 3.56. The van der Waals surface area contributed by atoms with Gasteiger partial charge in [-0.25, -0.2) is 4.79 Å². The lowest BCUT2D eigenvalue weighted by Crippen LogP contribution is -2.21. The van der Waals surface area contributed by atoms with Gasteiger partial charge in [0.05, 0.1) is 7.11 Å². The second-order valence-corrected chi connectivity index (χ2v) is 2.28. The third kappa shape index (κ3) is 4.75. The van der Waals surface area contributed by atoms with Crippen molar-refractivity contribution in [1.29, 1.82) is 0 Å². The smallest absolute Gasteiger partial charge is 0.334 e. The van der Waals surface area contributed by atoms with Crippen LogP contribution in [0.25, 0.3) is 0 Å². The minimum absolute atomic E-state index is 0.347. The molecule has 12 heavy (non-hydrogen) atoms. The highest BCUT2D eigenvalue weighted by Gasteiger charge is 2.13. The first kappa shape index (κ1) is 11.0. The molecule has 0 amide bonds. The van der Waals surface area contributed by atoms with Gasteiger partial charge in [-0.05, 0) is 6.42 Å². The lowest BCUT2D eigenvalue weighted by atomic mass is 10.2. The van der Waals surface area contributed by atoms with Gasteiger partial charge in [-0.3, -0.25) is 0 Å². The van der Waals surface area contributed by atoms with Crippen molar-refractivity contribution in [2.75, 3.05) is 7.11 Å². The Labute approximate surface area is 72.7 Å². The molecule has 1 atom stereocenters. The van der Waals surface area contributed by atoms with Gasteiger partial charge in [-0.1, -0.05) is 6.92 Å². The number of rotatable bonds is 3. The van der Waals surface area contributed by atoms with E-state index in [4.69, 9.17) is 5.11 Å². The summed E-state index contributed by atoms with van der Waals surface area (Å²) in [5, 5.41) is 9.07. The summed E-state index contributed by atoms with van der Waals surface area (Å²) in [6.45, 7) is 1.95. The van der Waals surface area contributed by atoms with E-state index < -0.39 is 12.1 Å². The Morgan fingerprint density at radius 2 is 2.25 bits per heavy atom. The molecule has 0 aliphatic carbocycles. The van der Waals surface area contributed by atoms with Crippen molar-refractivity contribution in [3.8, 4) is 11.8 Å². The molecule has 0 radical (unpaired) electrons. The van der Waals surface area contributed by atoms with E-state index in [0.717, 1.165) is 6.42 Å². The highest BCUT2D eigenvalue weighted by Crippen LogP contribution is 1.97. The molecule has 0 aromatic heterocycles. The van der Waals surface area contributed by atoms with E-state index >= 15 is 0 Å². The van der Waals surface area contributed by atoms with Crippen molar-refractivity contribution in [2.24, 2.45) is 0 Å². The standard InChI is InChI=1S/C9H14O3/c1-3-4-5-6-7-8(10)9(11)12-2/h8,10H,3,6-7H2,1-2H3. The average molecular weight is 170 g/mol. The molecule has 1 N–H and O–H groups in total. The van der Waals surface area contributed by atoms with Crippen molar-refractivity contribution in [3.05, 3.63) is 0 Å². The maximum Gasteiger partial charge on any atom is 0.334 e. The van der Waals surface area contributed by atoms with Crippen molar-refractivity contribution >= 4 is 5.97 Å². The highest BCUT2D eigenvalue weighted by atomic mass is 16.5. The van der Waals surface area contributed by atoms with Crippen LogP contribution in [0.4, 0.5) is 0 Å². The average Bonchev–Trinajstić information content (AvgIpc) is 2.10. The summed E-state index contributed by atoms with van der Waals surface area (Å²) >= 11 is 0. The quantitative estimate of drug-likeness (QED) is 0.501. The van der Waals surface area contributed by atoms with Crippen molar-refractivity contribution < 1.29 is 14.6 Å². The minimum Gasteiger partial charge on any atom is -0.467 e. The van der Waals surface area contributed by atoms with E-state index in [9.17, 15) is 4.79 Å². The van der Waals surface area contributed by atoms with E-state index in [1.165, 1.54) is 7.11 Å². The van der Waals surface area contributed by atoms with Crippen LogP contribution in [-0.4, -0.2) is 24.3 Å². The third-order valence-corrected chi connectivity index (χ3v) is 1.32. The second-order valence-electron chi connectivity index (χ2n) is 2.28. The fourth-order valence-corrected chi connectivity index (χ4v) is 0.676. The van der Waals surface area contributed by atoms with Crippen LogP contribution < -0.4 is 0 Å². The first-order chi connectivity index (χ1) is 5.72. The summed E-state index contributed by atoms with van der Waals surface area (Å²) in [6.07, 6.45) is 0.652. The summed E-state index contributed by atoms with van der Waals surface area (Å²) in [5.74, 6) is 5.08. The van der Waals surface area contributed by atoms with E-state index in [1.54, 1.807) is 0 Å². The van der Waals surface area contributed by atoms with Gasteiger partial charge in [-0.2, -0.15) is 0 Å². The van der Waals surface area contributed by atoms with E-state index in [2.05, 4.69) is 16.6 Å². The molecule has 1 unspecified atom stereocenters. The van der Waals surface area contributed by atoms with Crippen LogP contribution in [-0.2, 0) is 9.53 Å². The number of carbonyl (C=O) groups is 1. The summed E-state index contributed by atoms with van der Waals surface area (Å²) in [7, 11) is 1.25. The van der Waals surface area contributed by atoms with E-state index in [1.807, 2.05) is 6.92 Å². The van der Waals surface area contributed by atoms with Crippen LogP contribution in [0, 0.1) is 11.8 Å². The molecule has 0 aromatic carbocycles. The number of ether oxygens (including phenoxy) is 1. The molecule has 0 bridgehead atoms. The number of hydrogen-bond acceptors (Lipinski definition) is 3. The molecule has 0 fully saturated rings. The molecule has 0 rings (SSSR count). The molecule has 0 saturated carbocycles. The summed E-state index contributed by atoms with van der Waals surface area (Å²) in [4.78, 5) is 10.7. The number of aliphatic hydroxyl groups excluding tert-OH is 1. The van der Waals surface area contributed by atoms with Gasteiger partial charge in [0.25, 0.3) is 0 Å². The lowest BCUT2D eigenvalue weighted by Gasteiger charge is -2.04. The van der Waals surface area contributed by atoms with Crippen molar-refractivity contribution in [1.82, 2.24) is 0 Å². The zero-order valence-corrected chi connectivity index (χ0v) is 7.46. The van der Waals surface area contributed by atoms with Gasteiger partial charge >= 0.3 is 5.97 Å². The fourth-order valence-electron chi connectivity index (χ4n) is 0.676. The Morgan fingerprint density at radius 1 is 1.58 bits per heavy atom. The first-order valence-corrected chi connectivity index (χ1v) is 3.94. The van der Waals surface area contributed by atoms with Crippen LogP contribution in [0.1, 0.15) is 26.2 Å². The second kappa shape index (κ2) is 6.68. The maximum absolute atomic E-state index is 10.7. The first-order valence-electron chi connectivity index (χ1n) is 3.94. The van der Waals surface area contributed by atoms with Crippen LogP contribution in [0.15, 0.2) is 0 Å². The Hall–Kier alpha value is -1.01. The van der Waals surface area contributed by atoms with Crippen LogP contribution >= 0.6 is 0 Å². The predicted octanol–water partition coefficient (Wildman–Crippen LogP) is 0.714. The summed E-state index contributed by atoms with van der Waals surface area (Å²) in [5.41, 5.74) is 0. The largest absolute Gasteiger partial charge is 0.467 e. The van der Waals surface area contributed by atoms with Crippen LogP contribution in [0.5, 0.6) is 0 Å². The van der Waals surface area contributed by atoms with Crippen molar-refractivity contribution in [3.63, 3.8) is 0 Å². The molecule has 68 valence electrons. The SMILES string of the molecule is CCC#CCCC(O)C(=O)OC. The molecule has 0 saturated heterocycles.